The second kappa shape index (κ2) is 12.5. The Hall–Kier alpha value is -1.24. The molecule has 0 N–H and O–H groups in total. The van der Waals surface area contributed by atoms with Crippen LogP contribution in [0.5, 0.6) is 5.75 Å². The molecular formula is C20H32O. The SMILES string of the molecule is CCCCCCCCCCC=Cc1ccc(OCC)cc1. The van der Waals surface area contributed by atoms with Gasteiger partial charge in [0.2, 0.25) is 0 Å². The van der Waals surface area contributed by atoms with Gasteiger partial charge in [0.15, 0.2) is 0 Å². The number of unbranched alkanes of at least 4 members (excludes halogenated alkanes) is 8. The van der Waals surface area contributed by atoms with Gasteiger partial charge in [-0.1, -0.05) is 76.2 Å². The molecule has 1 rings (SSSR count). The van der Waals surface area contributed by atoms with E-state index in [1.165, 1.54) is 63.4 Å². The lowest BCUT2D eigenvalue weighted by Gasteiger charge is -2.02. The molecule has 0 aliphatic heterocycles. The summed E-state index contributed by atoms with van der Waals surface area (Å²) in [5.41, 5.74) is 1.26. The summed E-state index contributed by atoms with van der Waals surface area (Å²) in [4.78, 5) is 0. The molecule has 0 saturated heterocycles. The van der Waals surface area contributed by atoms with Gasteiger partial charge in [-0.2, -0.15) is 0 Å². The Bertz CT molecular complexity index is 364. The molecular weight excluding hydrogens is 256 g/mol. The Labute approximate surface area is 131 Å². The van der Waals surface area contributed by atoms with Crippen LogP contribution in [0.4, 0.5) is 0 Å². The highest BCUT2D eigenvalue weighted by Gasteiger charge is 1.92. The predicted molar refractivity (Wildman–Crippen MR) is 93.9 cm³/mol. The van der Waals surface area contributed by atoms with Crippen LogP contribution in [0.15, 0.2) is 30.3 Å². The molecule has 1 aromatic rings. The van der Waals surface area contributed by atoms with Crippen LogP contribution in [0, 0.1) is 0 Å². The highest BCUT2D eigenvalue weighted by atomic mass is 16.5. The Morgan fingerprint density at radius 1 is 0.810 bits per heavy atom. The number of allylic oxidation sites excluding steroid dienone is 1. The molecule has 0 spiro atoms. The van der Waals surface area contributed by atoms with E-state index in [0.29, 0.717) is 0 Å². The van der Waals surface area contributed by atoms with E-state index in [1.807, 2.05) is 19.1 Å². The minimum atomic E-state index is 0.730. The number of benzene rings is 1. The summed E-state index contributed by atoms with van der Waals surface area (Å²) in [5.74, 6) is 0.956. The minimum absolute atomic E-state index is 0.730. The minimum Gasteiger partial charge on any atom is -0.494 e. The van der Waals surface area contributed by atoms with Gasteiger partial charge >= 0.3 is 0 Å². The molecule has 0 aromatic heterocycles. The van der Waals surface area contributed by atoms with Gasteiger partial charge in [-0.05, 0) is 37.5 Å². The Morgan fingerprint density at radius 3 is 2.05 bits per heavy atom. The first-order valence-corrected chi connectivity index (χ1v) is 8.76. The lowest BCUT2D eigenvalue weighted by molar-refractivity contribution is 0.340. The van der Waals surface area contributed by atoms with Gasteiger partial charge in [0.25, 0.3) is 0 Å². The fourth-order valence-electron chi connectivity index (χ4n) is 2.46. The van der Waals surface area contributed by atoms with Gasteiger partial charge in [-0.15, -0.1) is 0 Å². The predicted octanol–water partition coefficient (Wildman–Crippen LogP) is 6.63. The number of rotatable bonds is 12. The molecule has 0 radical (unpaired) electrons. The zero-order valence-electron chi connectivity index (χ0n) is 13.9. The normalized spacial score (nSPS) is 11.1. The number of ether oxygens (including phenoxy) is 1. The fourth-order valence-corrected chi connectivity index (χ4v) is 2.46. The summed E-state index contributed by atoms with van der Waals surface area (Å²) in [6, 6.07) is 8.32. The summed E-state index contributed by atoms with van der Waals surface area (Å²) < 4.78 is 5.44. The van der Waals surface area contributed by atoms with E-state index in [-0.39, 0.29) is 0 Å². The molecule has 118 valence electrons. The van der Waals surface area contributed by atoms with Crippen molar-refractivity contribution in [3.63, 3.8) is 0 Å². The van der Waals surface area contributed by atoms with Gasteiger partial charge in [-0.25, -0.2) is 0 Å². The van der Waals surface area contributed by atoms with Gasteiger partial charge in [-0.3, -0.25) is 0 Å². The van der Waals surface area contributed by atoms with Crippen molar-refractivity contribution in [2.75, 3.05) is 6.61 Å². The van der Waals surface area contributed by atoms with Gasteiger partial charge in [0, 0.05) is 0 Å². The van der Waals surface area contributed by atoms with Crippen LogP contribution in [0.1, 0.15) is 77.2 Å². The number of hydrogen-bond donors (Lipinski definition) is 0. The van der Waals surface area contributed by atoms with Crippen molar-refractivity contribution in [1.29, 1.82) is 0 Å². The smallest absolute Gasteiger partial charge is 0.119 e. The van der Waals surface area contributed by atoms with Crippen molar-refractivity contribution in [2.24, 2.45) is 0 Å². The lowest BCUT2D eigenvalue weighted by atomic mass is 10.1. The maximum atomic E-state index is 5.44. The van der Waals surface area contributed by atoms with Crippen LogP contribution in [0.25, 0.3) is 6.08 Å². The molecule has 1 heteroatoms. The highest BCUT2D eigenvalue weighted by Crippen LogP contribution is 2.14. The molecule has 0 aliphatic rings. The average molecular weight is 288 g/mol. The van der Waals surface area contributed by atoms with Crippen LogP contribution in [-0.2, 0) is 0 Å². The summed E-state index contributed by atoms with van der Waals surface area (Å²) in [6.07, 6.45) is 16.8. The van der Waals surface area contributed by atoms with Gasteiger partial charge < -0.3 is 4.74 Å². The maximum Gasteiger partial charge on any atom is 0.119 e. The molecule has 21 heavy (non-hydrogen) atoms. The largest absolute Gasteiger partial charge is 0.494 e. The van der Waals surface area contributed by atoms with Crippen LogP contribution >= 0.6 is 0 Å². The molecule has 1 aromatic carbocycles. The Balaban J connectivity index is 2.04. The third-order valence-electron chi connectivity index (χ3n) is 3.73. The van der Waals surface area contributed by atoms with E-state index in [1.54, 1.807) is 0 Å². The van der Waals surface area contributed by atoms with E-state index in [0.717, 1.165) is 12.4 Å². The fraction of sp³-hybridized carbons (Fsp3) is 0.600. The maximum absolute atomic E-state index is 5.44. The molecule has 0 unspecified atom stereocenters. The Kier molecular flexibility index (Phi) is 10.6. The first-order chi connectivity index (χ1) is 10.4. The second-order valence-corrected chi connectivity index (χ2v) is 5.67. The third kappa shape index (κ3) is 9.33. The molecule has 0 amide bonds. The monoisotopic (exact) mass is 288 g/mol. The van der Waals surface area contributed by atoms with Gasteiger partial charge in [0.1, 0.15) is 5.75 Å². The zero-order valence-corrected chi connectivity index (χ0v) is 13.9. The topological polar surface area (TPSA) is 9.23 Å². The molecule has 0 saturated carbocycles. The van der Waals surface area contributed by atoms with E-state index in [2.05, 4.69) is 31.2 Å². The summed E-state index contributed by atoms with van der Waals surface area (Å²) >= 11 is 0. The van der Waals surface area contributed by atoms with Crippen LogP contribution < -0.4 is 4.74 Å². The quantitative estimate of drug-likeness (QED) is 0.392. The van der Waals surface area contributed by atoms with Crippen molar-refractivity contribution >= 4 is 6.08 Å². The van der Waals surface area contributed by atoms with E-state index in [9.17, 15) is 0 Å². The van der Waals surface area contributed by atoms with Crippen LogP contribution in [0.3, 0.4) is 0 Å². The van der Waals surface area contributed by atoms with Gasteiger partial charge in [0.05, 0.1) is 6.61 Å². The van der Waals surface area contributed by atoms with E-state index < -0.39 is 0 Å². The standard InChI is InChI=1S/C20H32O/c1-3-5-6-7-8-9-10-11-12-13-14-19-15-17-20(18-16-19)21-4-2/h13-18H,3-12H2,1-2H3. The van der Waals surface area contributed by atoms with E-state index >= 15 is 0 Å². The highest BCUT2D eigenvalue weighted by molar-refractivity contribution is 5.50. The van der Waals surface area contributed by atoms with E-state index in [4.69, 9.17) is 4.74 Å². The molecule has 0 atom stereocenters. The first-order valence-electron chi connectivity index (χ1n) is 8.76. The second-order valence-electron chi connectivity index (χ2n) is 5.67. The third-order valence-corrected chi connectivity index (χ3v) is 3.73. The molecule has 0 bridgehead atoms. The number of hydrogen-bond acceptors (Lipinski definition) is 1. The van der Waals surface area contributed by atoms with Crippen molar-refractivity contribution in [1.82, 2.24) is 0 Å². The van der Waals surface area contributed by atoms with Crippen molar-refractivity contribution in [3.05, 3.63) is 35.9 Å². The molecule has 0 heterocycles. The summed E-state index contributed by atoms with van der Waals surface area (Å²) in [7, 11) is 0. The molecule has 0 fully saturated rings. The zero-order chi connectivity index (χ0) is 15.2. The first kappa shape index (κ1) is 17.8. The van der Waals surface area contributed by atoms with Crippen LogP contribution in [0.2, 0.25) is 0 Å². The van der Waals surface area contributed by atoms with Crippen molar-refractivity contribution < 1.29 is 4.74 Å². The Morgan fingerprint density at radius 2 is 1.43 bits per heavy atom. The lowest BCUT2D eigenvalue weighted by Crippen LogP contribution is -1.90. The molecule has 1 nitrogen and oxygen atoms in total. The summed E-state index contributed by atoms with van der Waals surface area (Å²) in [5, 5.41) is 0. The van der Waals surface area contributed by atoms with Crippen molar-refractivity contribution in [3.8, 4) is 5.75 Å². The van der Waals surface area contributed by atoms with Crippen LogP contribution in [-0.4, -0.2) is 6.61 Å². The van der Waals surface area contributed by atoms with Crippen molar-refractivity contribution in [2.45, 2.75) is 71.6 Å². The summed E-state index contributed by atoms with van der Waals surface area (Å²) in [6.45, 7) is 5.02. The average Bonchev–Trinajstić information content (AvgIpc) is 2.51. The molecule has 0 aliphatic carbocycles.